The molecule has 11 nitrogen and oxygen atoms in total. The van der Waals surface area contributed by atoms with Crippen molar-refractivity contribution < 1.29 is 27.5 Å². The summed E-state index contributed by atoms with van der Waals surface area (Å²) in [5.41, 5.74) is -1.75. The fraction of sp³-hybridized carbons (Fsp3) is 0.292. The van der Waals surface area contributed by atoms with E-state index >= 15 is 0 Å². The van der Waals surface area contributed by atoms with Crippen LogP contribution in [0.4, 0.5) is 30.4 Å². The lowest BCUT2D eigenvalue weighted by Gasteiger charge is -2.41. The number of rotatable bonds is 5. The Kier molecular flexibility index (Phi) is 7.01. The third-order valence-electron chi connectivity index (χ3n) is 6.27. The van der Waals surface area contributed by atoms with E-state index in [9.17, 15) is 27.6 Å². The summed E-state index contributed by atoms with van der Waals surface area (Å²) in [6.07, 6.45) is -6.66. The molecule has 2 N–H and O–H groups in total. The molecular weight excluding hydrogens is 545 g/mol. The molecule has 3 aromatic rings. The lowest BCUT2D eigenvalue weighted by atomic mass is 10.2. The quantitative estimate of drug-likeness (QED) is 0.481. The summed E-state index contributed by atoms with van der Waals surface area (Å²) in [5.74, 6) is -2.59. The third-order valence-corrected chi connectivity index (χ3v) is 6.59. The van der Waals surface area contributed by atoms with Gasteiger partial charge in [-0.1, -0.05) is 29.8 Å². The highest BCUT2D eigenvalue weighted by molar-refractivity contribution is 6.33. The van der Waals surface area contributed by atoms with Gasteiger partial charge >= 0.3 is 17.8 Å². The number of ether oxygens (including phenoxy) is 1. The summed E-state index contributed by atoms with van der Waals surface area (Å²) in [5, 5.41) is 3.97. The summed E-state index contributed by atoms with van der Waals surface area (Å²) < 4.78 is 46.7. The van der Waals surface area contributed by atoms with Gasteiger partial charge in [0, 0.05) is 32.2 Å². The number of benzene rings is 2. The molecular formula is C24H22ClF3N6O5. The number of hydroxylamine groups is 1. The molecule has 1 fully saturated rings. The normalized spacial score (nSPS) is 17.7. The summed E-state index contributed by atoms with van der Waals surface area (Å²) in [6.45, 7) is 1.54. The van der Waals surface area contributed by atoms with Crippen molar-refractivity contribution in [2.24, 2.45) is 0 Å². The molecule has 0 bridgehead atoms. The van der Waals surface area contributed by atoms with Gasteiger partial charge in [-0.2, -0.15) is 13.2 Å². The lowest BCUT2D eigenvalue weighted by molar-refractivity contribution is -0.203. The topological polar surface area (TPSA) is 112 Å². The fourth-order valence-electron chi connectivity index (χ4n) is 4.60. The number of H-pyrrole nitrogens is 1. The molecule has 2 aliphatic rings. The first-order valence-corrected chi connectivity index (χ1v) is 12.1. The van der Waals surface area contributed by atoms with Crippen molar-refractivity contribution in [1.29, 1.82) is 0 Å². The van der Waals surface area contributed by atoms with Crippen molar-refractivity contribution in [3.05, 3.63) is 74.4 Å². The maximum atomic E-state index is 13.5. The number of hydrogen-bond donors (Lipinski definition) is 2. The number of halogens is 4. The average molecular weight is 567 g/mol. The number of piperazine rings is 1. The van der Waals surface area contributed by atoms with Gasteiger partial charge in [0.05, 0.1) is 23.5 Å². The zero-order valence-electron chi connectivity index (χ0n) is 20.4. The fourth-order valence-corrected chi connectivity index (χ4v) is 4.83. The molecule has 0 saturated carbocycles. The molecule has 0 amide bonds. The van der Waals surface area contributed by atoms with Crippen LogP contribution in [0.15, 0.2) is 58.1 Å². The maximum Gasteiger partial charge on any atom is 0.493 e. The third kappa shape index (κ3) is 4.82. The Morgan fingerprint density at radius 3 is 2.46 bits per heavy atom. The number of hydrogen-bond acceptors (Lipinski definition) is 9. The molecule has 39 heavy (non-hydrogen) atoms. The van der Waals surface area contributed by atoms with E-state index in [1.165, 1.54) is 24.1 Å². The molecule has 1 saturated heterocycles. The number of methoxy groups -OCH3 is 1. The van der Waals surface area contributed by atoms with Gasteiger partial charge in [-0.25, -0.2) is 14.2 Å². The van der Waals surface area contributed by atoms with Crippen LogP contribution in [0.5, 0.6) is 5.75 Å². The number of anilines is 3. The lowest BCUT2D eigenvalue weighted by Crippen LogP contribution is -2.60. The molecule has 3 heterocycles. The van der Waals surface area contributed by atoms with Gasteiger partial charge in [-0.3, -0.25) is 19.6 Å². The van der Waals surface area contributed by atoms with Gasteiger partial charge in [0.1, 0.15) is 5.75 Å². The van der Waals surface area contributed by atoms with E-state index in [0.29, 0.717) is 37.0 Å². The van der Waals surface area contributed by atoms with Gasteiger partial charge in [0.15, 0.2) is 11.5 Å². The molecule has 1 unspecified atom stereocenters. The number of carbonyl (C=O) groups is 1. The molecule has 1 atom stereocenters. The Balaban J connectivity index is 1.84. The van der Waals surface area contributed by atoms with Crippen LogP contribution in [0.3, 0.4) is 0 Å². The van der Waals surface area contributed by atoms with E-state index in [-0.39, 0.29) is 22.1 Å². The number of fused-ring (bicyclic) bond motifs is 1. The van der Waals surface area contributed by atoms with E-state index in [1.807, 2.05) is 0 Å². The first kappa shape index (κ1) is 26.6. The Morgan fingerprint density at radius 1 is 1.08 bits per heavy atom. The Labute approximate surface area is 223 Å². The van der Waals surface area contributed by atoms with E-state index in [2.05, 4.69) is 10.3 Å². The number of para-hydroxylation sites is 1. The predicted molar refractivity (Wildman–Crippen MR) is 136 cm³/mol. The van der Waals surface area contributed by atoms with Crippen LogP contribution in [-0.4, -0.2) is 66.2 Å². The summed E-state index contributed by atoms with van der Waals surface area (Å²) >= 11 is 6.50. The van der Waals surface area contributed by atoms with E-state index in [0.717, 1.165) is 4.57 Å². The van der Waals surface area contributed by atoms with Crippen molar-refractivity contribution in [3.63, 3.8) is 0 Å². The zero-order chi connectivity index (χ0) is 27.9. The van der Waals surface area contributed by atoms with E-state index in [4.69, 9.17) is 21.2 Å². The maximum absolute atomic E-state index is 13.5. The number of carbonyl (C=O) groups excluding carboxylic acids is 1. The number of nitrogens with one attached hydrogen (secondary N) is 2. The van der Waals surface area contributed by atoms with Gasteiger partial charge < -0.3 is 14.9 Å². The molecule has 15 heteroatoms. The highest BCUT2D eigenvalue weighted by Gasteiger charge is 2.51. The molecule has 0 spiro atoms. The summed E-state index contributed by atoms with van der Waals surface area (Å²) in [7, 11) is 1.40. The van der Waals surface area contributed by atoms with Crippen LogP contribution in [-0.2, 0) is 9.63 Å². The van der Waals surface area contributed by atoms with Crippen molar-refractivity contribution >= 4 is 34.8 Å². The standard InChI is InChI=1S/C24H22ClF3N6O5/c1-38-15-6-4-5-14(13-15)32-20-18(19(35)30-22(32)37)33(17-8-3-2-7-16(17)25)23(31-11-9-29-10-12-31)34(20)39-21(36)24(26,27)28/h2-8,13,23,29H,9-12H2,1H3,(H,30,35,37). The Hall–Kier alpha value is -4.01. The summed E-state index contributed by atoms with van der Waals surface area (Å²) in [6, 6.07) is 12.5. The second-order valence-corrected chi connectivity index (χ2v) is 9.03. The molecule has 206 valence electrons. The van der Waals surface area contributed by atoms with Crippen molar-refractivity contribution in [2.75, 3.05) is 43.3 Å². The number of aromatic amines is 1. The highest BCUT2D eigenvalue weighted by Crippen LogP contribution is 2.46. The van der Waals surface area contributed by atoms with Crippen molar-refractivity contribution in [1.82, 2.24) is 19.8 Å². The minimum atomic E-state index is -5.37. The molecule has 0 radical (unpaired) electrons. The van der Waals surface area contributed by atoms with E-state index < -0.39 is 35.5 Å². The van der Waals surface area contributed by atoms with Crippen LogP contribution >= 0.6 is 11.6 Å². The first-order chi connectivity index (χ1) is 18.6. The van der Waals surface area contributed by atoms with Gasteiger partial charge in [0.2, 0.25) is 6.29 Å². The average Bonchev–Trinajstić information content (AvgIpc) is 3.23. The van der Waals surface area contributed by atoms with Crippen LogP contribution in [0.2, 0.25) is 5.02 Å². The van der Waals surface area contributed by atoms with Gasteiger partial charge in [0.25, 0.3) is 5.56 Å². The highest BCUT2D eigenvalue weighted by atomic mass is 35.5. The van der Waals surface area contributed by atoms with Gasteiger partial charge in [-0.15, -0.1) is 5.06 Å². The molecule has 2 aliphatic heterocycles. The molecule has 5 rings (SSSR count). The second-order valence-electron chi connectivity index (χ2n) is 8.62. The zero-order valence-corrected chi connectivity index (χ0v) is 21.1. The molecule has 2 aromatic carbocycles. The SMILES string of the molecule is COc1cccc(-n2c3c(c(=O)[nH]c2=O)N(c2ccccc2Cl)C(N2CCNCC2)N3OC(=O)C(F)(F)F)c1. The smallest absolute Gasteiger partial charge is 0.493 e. The van der Waals surface area contributed by atoms with Crippen LogP contribution < -0.4 is 31.3 Å². The summed E-state index contributed by atoms with van der Waals surface area (Å²) in [4.78, 5) is 49.1. The molecule has 1 aromatic heterocycles. The minimum Gasteiger partial charge on any atom is -0.497 e. The van der Waals surface area contributed by atoms with Crippen molar-refractivity contribution in [2.45, 2.75) is 12.5 Å². The van der Waals surface area contributed by atoms with Crippen molar-refractivity contribution in [3.8, 4) is 11.4 Å². The Morgan fingerprint density at radius 2 is 1.79 bits per heavy atom. The minimum absolute atomic E-state index is 0.139. The Bertz CT molecular complexity index is 1520. The number of alkyl halides is 3. The van der Waals surface area contributed by atoms with Gasteiger partial charge in [-0.05, 0) is 24.3 Å². The largest absolute Gasteiger partial charge is 0.497 e. The second kappa shape index (κ2) is 10.3. The first-order valence-electron chi connectivity index (χ1n) is 11.7. The van der Waals surface area contributed by atoms with Crippen LogP contribution in [0.25, 0.3) is 5.69 Å². The monoisotopic (exact) mass is 566 g/mol. The molecule has 0 aliphatic carbocycles. The van der Waals surface area contributed by atoms with Crippen LogP contribution in [0, 0.1) is 0 Å². The number of nitrogens with zero attached hydrogens (tertiary/aromatic N) is 4. The predicted octanol–water partition coefficient (Wildman–Crippen LogP) is 2.36. The number of aromatic nitrogens is 2. The van der Waals surface area contributed by atoms with E-state index in [1.54, 1.807) is 41.3 Å². The van der Waals surface area contributed by atoms with Crippen LogP contribution in [0.1, 0.15) is 0 Å².